The van der Waals surface area contributed by atoms with E-state index in [0.717, 1.165) is 52.0 Å². The molecule has 152 valence electrons. The predicted molar refractivity (Wildman–Crippen MR) is 127 cm³/mol. The van der Waals surface area contributed by atoms with Crippen LogP contribution in [0.2, 0.25) is 0 Å². The van der Waals surface area contributed by atoms with Gasteiger partial charge in [-0.25, -0.2) is 0 Å². The molecule has 5 rings (SSSR count). The van der Waals surface area contributed by atoms with Gasteiger partial charge in [-0.2, -0.15) is 0 Å². The van der Waals surface area contributed by atoms with Crippen LogP contribution < -0.4 is 0 Å². The number of benzene rings is 2. The Morgan fingerprint density at radius 3 is 2.55 bits per heavy atom. The third-order valence-electron chi connectivity index (χ3n) is 7.19. The molecule has 0 radical (unpaired) electrons. The highest BCUT2D eigenvalue weighted by Gasteiger charge is 2.41. The van der Waals surface area contributed by atoms with Crippen LogP contribution in [0.1, 0.15) is 36.0 Å². The first-order valence-electron chi connectivity index (χ1n) is 10.8. The van der Waals surface area contributed by atoms with Gasteiger partial charge in [-0.1, -0.05) is 48.6 Å². The van der Waals surface area contributed by atoms with Crippen molar-refractivity contribution in [1.82, 2.24) is 9.80 Å². The lowest BCUT2D eigenvalue weighted by Crippen LogP contribution is -2.57. The molecule has 4 heteroatoms. The van der Waals surface area contributed by atoms with Gasteiger partial charge in [-0.05, 0) is 83.8 Å². The van der Waals surface area contributed by atoms with Crippen LogP contribution in [0.25, 0.3) is 6.08 Å². The Kier molecular flexibility index (Phi) is 5.54. The van der Waals surface area contributed by atoms with E-state index in [1.807, 2.05) is 0 Å². The molecular formula is C25H29IN2O. The lowest BCUT2D eigenvalue weighted by Gasteiger charge is -2.47. The second-order valence-electron chi connectivity index (χ2n) is 8.90. The summed E-state index contributed by atoms with van der Waals surface area (Å²) < 4.78 is 1.28. The van der Waals surface area contributed by atoms with Crippen molar-refractivity contribution in [2.75, 3.05) is 26.2 Å². The van der Waals surface area contributed by atoms with Crippen LogP contribution in [0.5, 0.6) is 0 Å². The van der Waals surface area contributed by atoms with E-state index in [9.17, 15) is 5.11 Å². The van der Waals surface area contributed by atoms with Gasteiger partial charge >= 0.3 is 0 Å². The summed E-state index contributed by atoms with van der Waals surface area (Å²) in [4.78, 5) is 5.08. The zero-order chi connectivity index (χ0) is 19.8. The fourth-order valence-corrected chi connectivity index (χ4v) is 5.82. The van der Waals surface area contributed by atoms with Crippen LogP contribution in [-0.2, 0) is 12.0 Å². The fourth-order valence-electron chi connectivity index (χ4n) is 5.46. The molecule has 1 N–H and O–H groups in total. The van der Waals surface area contributed by atoms with Gasteiger partial charge in [-0.15, -0.1) is 0 Å². The Morgan fingerprint density at radius 1 is 1.00 bits per heavy atom. The molecule has 3 aliphatic rings. The molecule has 2 saturated heterocycles. The molecule has 2 fully saturated rings. The largest absolute Gasteiger partial charge is 0.391 e. The Bertz CT molecular complexity index is 886. The molecule has 0 bridgehead atoms. The lowest BCUT2D eigenvalue weighted by molar-refractivity contribution is -0.0256. The first-order chi connectivity index (χ1) is 14.1. The number of allylic oxidation sites excluding steroid dienone is 1. The van der Waals surface area contributed by atoms with Crippen LogP contribution in [0.4, 0.5) is 0 Å². The summed E-state index contributed by atoms with van der Waals surface area (Å²) >= 11 is 2.36. The maximum Gasteiger partial charge on any atom is 0.0720 e. The van der Waals surface area contributed by atoms with Crippen LogP contribution in [0.15, 0.2) is 54.6 Å². The Labute approximate surface area is 187 Å². The second kappa shape index (κ2) is 8.14. The Balaban J connectivity index is 1.24. The third-order valence-corrected chi connectivity index (χ3v) is 7.91. The van der Waals surface area contributed by atoms with E-state index >= 15 is 0 Å². The van der Waals surface area contributed by atoms with E-state index in [4.69, 9.17) is 0 Å². The summed E-state index contributed by atoms with van der Waals surface area (Å²) in [5.41, 5.74) is 4.48. The number of halogens is 1. The number of piperidine rings is 2. The first-order valence-corrected chi connectivity index (χ1v) is 11.9. The molecule has 0 unspecified atom stereocenters. The molecule has 1 spiro atoms. The molecule has 0 aromatic heterocycles. The minimum atomic E-state index is -0.205. The molecule has 29 heavy (non-hydrogen) atoms. The number of likely N-dealkylation sites (tertiary alicyclic amines) is 2. The molecule has 2 aromatic rings. The minimum absolute atomic E-state index is 0.205. The molecule has 2 aliphatic heterocycles. The predicted octanol–water partition coefficient (Wildman–Crippen LogP) is 4.29. The van der Waals surface area contributed by atoms with Crippen molar-refractivity contribution in [3.63, 3.8) is 0 Å². The van der Waals surface area contributed by atoms with Crippen molar-refractivity contribution in [1.29, 1.82) is 0 Å². The Morgan fingerprint density at radius 2 is 1.76 bits per heavy atom. The third kappa shape index (κ3) is 3.92. The van der Waals surface area contributed by atoms with Crippen LogP contribution in [-0.4, -0.2) is 53.2 Å². The summed E-state index contributed by atoms with van der Waals surface area (Å²) in [5.74, 6) is 0. The monoisotopic (exact) mass is 500 g/mol. The Hall–Kier alpha value is -1.21. The van der Waals surface area contributed by atoms with Gasteiger partial charge in [0.15, 0.2) is 0 Å². The van der Waals surface area contributed by atoms with Crippen molar-refractivity contribution >= 4 is 28.7 Å². The highest BCUT2D eigenvalue weighted by Crippen LogP contribution is 2.44. The van der Waals surface area contributed by atoms with Gasteiger partial charge in [0.05, 0.1) is 6.10 Å². The van der Waals surface area contributed by atoms with Crippen molar-refractivity contribution in [2.24, 2.45) is 0 Å². The van der Waals surface area contributed by atoms with Gasteiger partial charge in [-0.3, -0.25) is 9.80 Å². The molecule has 0 saturated carbocycles. The maximum absolute atomic E-state index is 10.8. The van der Waals surface area contributed by atoms with Gasteiger partial charge in [0.1, 0.15) is 0 Å². The summed E-state index contributed by atoms with van der Waals surface area (Å²) in [6, 6.07) is 17.9. The number of aliphatic hydroxyl groups is 1. The van der Waals surface area contributed by atoms with Crippen LogP contribution in [0, 0.1) is 3.57 Å². The van der Waals surface area contributed by atoms with Gasteiger partial charge < -0.3 is 5.11 Å². The second-order valence-corrected chi connectivity index (χ2v) is 10.1. The quantitative estimate of drug-likeness (QED) is 0.638. The number of hydrogen-bond acceptors (Lipinski definition) is 3. The van der Waals surface area contributed by atoms with Crippen molar-refractivity contribution in [3.8, 4) is 0 Å². The maximum atomic E-state index is 10.8. The number of aliphatic hydroxyl groups excluding tert-OH is 1. The zero-order valence-electron chi connectivity index (χ0n) is 16.8. The summed E-state index contributed by atoms with van der Waals surface area (Å²) in [7, 11) is 0. The lowest BCUT2D eigenvalue weighted by atomic mass is 9.74. The van der Waals surface area contributed by atoms with E-state index in [1.54, 1.807) is 0 Å². The summed E-state index contributed by atoms with van der Waals surface area (Å²) in [6.45, 7) is 5.06. The van der Waals surface area contributed by atoms with E-state index < -0.39 is 0 Å². The van der Waals surface area contributed by atoms with Gasteiger partial charge in [0.25, 0.3) is 0 Å². The van der Waals surface area contributed by atoms with E-state index in [-0.39, 0.29) is 17.6 Å². The van der Waals surface area contributed by atoms with Gasteiger partial charge in [0.2, 0.25) is 0 Å². The van der Waals surface area contributed by atoms with E-state index in [2.05, 4.69) is 93.1 Å². The van der Waals surface area contributed by atoms with Crippen molar-refractivity contribution in [3.05, 3.63) is 74.9 Å². The average molecular weight is 500 g/mol. The fraction of sp³-hybridized carbons (Fsp3) is 0.440. The topological polar surface area (TPSA) is 26.7 Å². The number of hydrogen-bond donors (Lipinski definition) is 1. The smallest absolute Gasteiger partial charge is 0.0720 e. The van der Waals surface area contributed by atoms with Crippen molar-refractivity contribution in [2.45, 2.75) is 43.4 Å². The highest BCUT2D eigenvalue weighted by atomic mass is 127. The van der Waals surface area contributed by atoms with Crippen LogP contribution in [0.3, 0.4) is 0 Å². The molecule has 3 nitrogen and oxygen atoms in total. The van der Waals surface area contributed by atoms with E-state index in [0.29, 0.717) is 0 Å². The van der Waals surface area contributed by atoms with Crippen molar-refractivity contribution < 1.29 is 5.11 Å². The molecule has 2 aromatic carbocycles. The molecular weight excluding hydrogens is 471 g/mol. The summed E-state index contributed by atoms with van der Waals surface area (Å²) in [6.07, 6.45) is 7.73. The zero-order valence-corrected chi connectivity index (χ0v) is 19.0. The standard InChI is InChI=1S/C25H29IN2O/c26-21-7-5-19(6-8-21)17-27-14-10-24(29)23(18-27)28-15-12-25(13-16-28)11-9-20-3-1-2-4-22(20)25/h1-9,11,23-24,29H,10,12-18H2/t23-,24-/m1/s1. The molecule has 2 heterocycles. The number of nitrogens with zero attached hydrogens (tertiary/aromatic N) is 2. The van der Waals surface area contributed by atoms with E-state index in [1.165, 1.54) is 20.3 Å². The SMILES string of the molecule is O[C@@H]1CCN(Cc2ccc(I)cc2)C[C@H]1N1CCC2(C=Cc3ccccc32)CC1. The number of fused-ring (bicyclic) bond motifs is 2. The normalized spacial score (nSPS) is 26.7. The first kappa shape index (κ1) is 19.7. The molecule has 1 aliphatic carbocycles. The van der Waals surface area contributed by atoms with Crippen LogP contribution >= 0.6 is 22.6 Å². The molecule has 0 amide bonds. The minimum Gasteiger partial charge on any atom is -0.391 e. The van der Waals surface area contributed by atoms with Gasteiger partial charge in [0, 0.05) is 34.7 Å². The highest BCUT2D eigenvalue weighted by molar-refractivity contribution is 14.1. The molecule has 2 atom stereocenters. The number of rotatable bonds is 3. The average Bonchev–Trinajstić information content (AvgIpc) is 3.10. The summed E-state index contributed by atoms with van der Waals surface area (Å²) in [5, 5.41) is 10.8.